The number of sulfonamides is 1. The molecule has 0 fully saturated rings. The Labute approximate surface area is 99.4 Å². The molecule has 1 aromatic rings. The van der Waals surface area contributed by atoms with Gasteiger partial charge in [0.1, 0.15) is 5.75 Å². The molecule has 0 spiro atoms. The second kappa shape index (κ2) is 5.49. The van der Waals surface area contributed by atoms with E-state index in [0.29, 0.717) is 25.3 Å². The van der Waals surface area contributed by atoms with Crippen LogP contribution in [0, 0.1) is 0 Å². The molecule has 1 rings (SSSR count). The largest absolute Gasteiger partial charge is 0.492 e. The van der Waals surface area contributed by atoms with E-state index in [1.54, 1.807) is 0 Å². The van der Waals surface area contributed by atoms with E-state index in [0.717, 1.165) is 0 Å². The van der Waals surface area contributed by atoms with Crippen molar-refractivity contribution in [2.75, 3.05) is 13.2 Å². The van der Waals surface area contributed by atoms with E-state index in [4.69, 9.17) is 27.2 Å². The van der Waals surface area contributed by atoms with Crippen molar-refractivity contribution in [3.05, 3.63) is 23.2 Å². The van der Waals surface area contributed by atoms with Gasteiger partial charge in [-0.2, -0.15) is 0 Å². The molecule has 7 heteroatoms. The maximum atomic E-state index is 11.0. The third kappa shape index (κ3) is 3.64. The van der Waals surface area contributed by atoms with Crippen molar-refractivity contribution in [1.82, 2.24) is 0 Å². The number of ether oxygens (including phenoxy) is 1. The van der Waals surface area contributed by atoms with Gasteiger partial charge in [0.15, 0.2) is 0 Å². The Morgan fingerprint density at radius 2 is 2.06 bits per heavy atom. The molecule has 4 N–H and O–H groups in total. The van der Waals surface area contributed by atoms with Crippen molar-refractivity contribution < 1.29 is 13.2 Å². The summed E-state index contributed by atoms with van der Waals surface area (Å²) in [6, 6.07) is 4.08. The van der Waals surface area contributed by atoms with Gasteiger partial charge < -0.3 is 10.5 Å². The minimum Gasteiger partial charge on any atom is -0.492 e. The average Bonchev–Trinajstić information content (AvgIpc) is 2.19. The van der Waals surface area contributed by atoms with Gasteiger partial charge in [-0.25, -0.2) is 13.6 Å². The number of benzene rings is 1. The summed E-state index contributed by atoms with van der Waals surface area (Å²) in [4.78, 5) is -0.0383. The van der Waals surface area contributed by atoms with Crippen LogP contribution in [-0.4, -0.2) is 21.6 Å². The number of rotatable bonds is 5. The lowest BCUT2D eigenvalue weighted by Gasteiger charge is -2.08. The predicted octanol–water partition coefficient (Wildman–Crippen LogP) is 0.715. The van der Waals surface area contributed by atoms with Crippen LogP contribution in [0.15, 0.2) is 23.1 Å². The molecule has 0 aliphatic carbocycles. The summed E-state index contributed by atoms with van der Waals surface area (Å²) in [5.74, 6) is 0.419. The fourth-order valence-corrected chi connectivity index (χ4v) is 1.88. The Hall–Kier alpha value is -0.820. The zero-order valence-electron chi connectivity index (χ0n) is 8.52. The first-order chi connectivity index (χ1) is 7.45. The van der Waals surface area contributed by atoms with Crippen LogP contribution in [0.4, 0.5) is 0 Å². The number of primary sulfonamides is 1. The Balaban J connectivity index is 2.84. The zero-order chi connectivity index (χ0) is 12.2. The van der Waals surface area contributed by atoms with Crippen molar-refractivity contribution in [3.63, 3.8) is 0 Å². The van der Waals surface area contributed by atoms with E-state index in [9.17, 15) is 8.42 Å². The first kappa shape index (κ1) is 13.2. The second-order valence-electron chi connectivity index (χ2n) is 3.13. The summed E-state index contributed by atoms with van der Waals surface area (Å²) in [7, 11) is -3.73. The standard InChI is InChI=1S/C9H13ClN2O3S/c10-8-6-7(16(12,13)14)2-3-9(8)15-5-1-4-11/h2-3,6H,1,4-5,11H2,(H2,12,13,14). The van der Waals surface area contributed by atoms with Gasteiger partial charge in [-0.15, -0.1) is 0 Å². The normalized spacial score (nSPS) is 11.4. The Morgan fingerprint density at radius 1 is 1.38 bits per heavy atom. The molecule has 0 aromatic heterocycles. The van der Waals surface area contributed by atoms with E-state index in [-0.39, 0.29) is 9.92 Å². The zero-order valence-corrected chi connectivity index (χ0v) is 10.1. The van der Waals surface area contributed by atoms with E-state index in [1.807, 2.05) is 0 Å². The van der Waals surface area contributed by atoms with Crippen molar-refractivity contribution in [2.45, 2.75) is 11.3 Å². The molecule has 0 unspecified atom stereocenters. The fourth-order valence-electron chi connectivity index (χ4n) is 1.04. The molecule has 0 saturated carbocycles. The first-order valence-electron chi connectivity index (χ1n) is 4.60. The Kier molecular flexibility index (Phi) is 4.55. The molecule has 0 radical (unpaired) electrons. The molecule has 0 aliphatic rings. The summed E-state index contributed by atoms with van der Waals surface area (Å²) in [5.41, 5.74) is 5.30. The minimum absolute atomic E-state index is 0.0383. The predicted molar refractivity (Wildman–Crippen MR) is 62.0 cm³/mol. The quantitative estimate of drug-likeness (QED) is 0.766. The molecule has 1 aromatic carbocycles. The van der Waals surface area contributed by atoms with Gasteiger partial charge in [-0.3, -0.25) is 0 Å². The van der Waals surface area contributed by atoms with Gasteiger partial charge in [-0.1, -0.05) is 11.6 Å². The van der Waals surface area contributed by atoms with Crippen molar-refractivity contribution >= 4 is 21.6 Å². The highest BCUT2D eigenvalue weighted by molar-refractivity contribution is 7.89. The molecule has 0 aliphatic heterocycles. The van der Waals surface area contributed by atoms with Crippen LogP contribution in [0.3, 0.4) is 0 Å². The monoisotopic (exact) mass is 264 g/mol. The number of nitrogens with two attached hydrogens (primary N) is 2. The van der Waals surface area contributed by atoms with Gasteiger partial charge in [0.2, 0.25) is 10.0 Å². The van der Waals surface area contributed by atoms with Crippen LogP contribution in [0.1, 0.15) is 6.42 Å². The minimum atomic E-state index is -3.73. The molecular weight excluding hydrogens is 252 g/mol. The number of hydrogen-bond acceptors (Lipinski definition) is 4. The fraction of sp³-hybridized carbons (Fsp3) is 0.333. The van der Waals surface area contributed by atoms with E-state index in [2.05, 4.69) is 0 Å². The molecule has 0 amide bonds. The smallest absolute Gasteiger partial charge is 0.238 e. The maximum absolute atomic E-state index is 11.0. The maximum Gasteiger partial charge on any atom is 0.238 e. The van der Waals surface area contributed by atoms with Crippen LogP contribution in [0.5, 0.6) is 5.75 Å². The van der Waals surface area contributed by atoms with Gasteiger partial charge in [0, 0.05) is 0 Å². The highest BCUT2D eigenvalue weighted by Crippen LogP contribution is 2.26. The number of halogens is 1. The highest BCUT2D eigenvalue weighted by atomic mass is 35.5. The van der Waals surface area contributed by atoms with Crippen LogP contribution in [-0.2, 0) is 10.0 Å². The van der Waals surface area contributed by atoms with E-state index in [1.165, 1.54) is 18.2 Å². The van der Waals surface area contributed by atoms with Crippen LogP contribution >= 0.6 is 11.6 Å². The topological polar surface area (TPSA) is 95.4 Å². The van der Waals surface area contributed by atoms with Crippen molar-refractivity contribution in [3.8, 4) is 5.75 Å². The molecule has 0 atom stereocenters. The second-order valence-corrected chi connectivity index (χ2v) is 5.10. The van der Waals surface area contributed by atoms with E-state index < -0.39 is 10.0 Å². The van der Waals surface area contributed by atoms with Gasteiger partial charge in [0.25, 0.3) is 0 Å². The Bertz CT molecular complexity index is 462. The lowest BCUT2D eigenvalue weighted by atomic mass is 10.3. The third-order valence-electron chi connectivity index (χ3n) is 1.84. The van der Waals surface area contributed by atoms with Crippen LogP contribution in [0.25, 0.3) is 0 Å². The lowest BCUT2D eigenvalue weighted by molar-refractivity contribution is 0.313. The van der Waals surface area contributed by atoms with Gasteiger partial charge in [0.05, 0.1) is 16.5 Å². The lowest BCUT2D eigenvalue weighted by Crippen LogP contribution is -2.12. The van der Waals surface area contributed by atoms with Crippen LogP contribution < -0.4 is 15.6 Å². The highest BCUT2D eigenvalue weighted by Gasteiger charge is 2.10. The summed E-state index contributed by atoms with van der Waals surface area (Å²) in [5, 5.41) is 5.17. The molecule has 0 saturated heterocycles. The van der Waals surface area contributed by atoms with Gasteiger partial charge >= 0.3 is 0 Å². The van der Waals surface area contributed by atoms with E-state index >= 15 is 0 Å². The van der Waals surface area contributed by atoms with Crippen molar-refractivity contribution in [1.29, 1.82) is 0 Å². The SMILES string of the molecule is NCCCOc1ccc(S(N)(=O)=O)cc1Cl. The number of hydrogen-bond donors (Lipinski definition) is 2. The summed E-state index contributed by atoms with van der Waals surface area (Å²) in [6.45, 7) is 0.956. The summed E-state index contributed by atoms with van der Waals surface area (Å²) < 4.78 is 27.3. The Morgan fingerprint density at radius 3 is 2.56 bits per heavy atom. The third-order valence-corrected chi connectivity index (χ3v) is 3.04. The average molecular weight is 265 g/mol. The summed E-state index contributed by atoms with van der Waals surface area (Å²) in [6.07, 6.45) is 0.702. The molecule has 0 bridgehead atoms. The van der Waals surface area contributed by atoms with Crippen molar-refractivity contribution in [2.24, 2.45) is 10.9 Å². The molecule has 90 valence electrons. The molecular formula is C9H13ClN2O3S. The van der Waals surface area contributed by atoms with Crippen LogP contribution in [0.2, 0.25) is 5.02 Å². The molecule has 5 nitrogen and oxygen atoms in total. The summed E-state index contributed by atoms with van der Waals surface area (Å²) >= 11 is 5.84. The molecule has 16 heavy (non-hydrogen) atoms. The first-order valence-corrected chi connectivity index (χ1v) is 6.53. The van der Waals surface area contributed by atoms with Gasteiger partial charge in [-0.05, 0) is 31.2 Å². The molecule has 0 heterocycles.